The Morgan fingerprint density at radius 3 is 2.80 bits per heavy atom. The van der Waals surface area contributed by atoms with Gasteiger partial charge in [-0.1, -0.05) is 13.3 Å². The third-order valence-corrected chi connectivity index (χ3v) is 3.05. The second-order valence-electron chi connectivity index (χ2n) is 4.80. The molecule has 0 saturated carbocycles. The molecule has 0 radical (unpaired) electrons. The highest BCUT2D eigenvalue weighted by molar-refractivity contribution is 5.28. The Morgan fingerprint density at radius 2 is 2.10 bits per heavy atom. The molecule has 1 N–H and O–H groups in total. The van der Waals surface area contributed by atoms with Gasteiger partial charge in [0.2, 0.25) is 0 Å². The van der Waals surface area contributed by atoms with Gasteiger partial charge in [-0.15, -0.1) is 0 Å². The van der Waals surface area contributed by atoms with Crippen LogP contribution in [0.4, 0.5) is 13.2 Å². The quantitative estimate of drug-likeness (QED) is 0.902. The lowest BCUT2D eigenvalue weighted by atomic mass is 10.0. The maximum atomic E-state index is 12.1. The smallest absolute Gasteiger partial charge is 0.364 e. The number of nitrogens with one attached hydrogen (secondary N) is 1. The Labute approximate surface area is 115 Å². The summed E-state index contributed by atoms with van der Waals surface area (Å²) in [6.45, 7) is 2.10. The predicted molar refractivity (Wildman–Crippen MR) is 67.1 cm³/mol. The largest absolute Gasteiger partial charge is 0.411 e. The van der Waals surface area contributed by atoms with Gasteiger partial charge in [-0.25, -0.2) is 9.97 Å². The van der Waals surface area contributed by atoms with E-state index in [1.54, 1.807) is 0 Å². The fraction of sp³-hybridized carbons (Fsp3) is 0.692. The molecule has 0 atom stereocenters. The molecule has 0 spiro atoms. The van der Waals surface area contributed by atoms with E-state index in [0.717, 1.165) is 42.8 Å². The van der Waals surface area contributed by atoms with Gasteiger partial charge >= 0.3 is 6.18 Å². The zero-order valence-electron chi connectivity index (χ0n) is 11.4. The van der Waals surface area contributed by atoms with E-state index in [1.165, 1.54) is 0 Å². The van der Waals surface area contributed by atoms with Crippen LogP contribution in [0.15, 0.2) is 0 Å². The van der Waals surface area contributed by atoms with Crippen molar-refractivity contribution in [2.75, 3.05) is 13.2 Å². The summed E-state index contributed by atoms with van der Waals surface area (Å²) in [5.41, 5.74) is 2.98. The van der Waals surface area contributed by atoms with Gasteiger partial charge in [-0.2, -0.15) is 13.2 Å². The fourth-order valence-electron chi connectivity index (χ4n) is 2.26. The number of aryl methyl sites for hydroxylation is 1. The van der Waals surface area contributed by atoms with Gasteiger partial charge in [0.15, 0.2) is 5.82 Å². The number of nitrogens with zero attached hydrogens (tertiary/aromatic N) is 2. The number of alkyl halides is 3. The highest BCUT2D eigenvalue weighted by atomic mass is 19.4. The van der Waals surface area contributed by atoms with E-state index < -0.39 is 12.8 Å². The van der Waals surface area contributed by atoms with Gasteiger partial charge < -0.3 is 10.1 Å². The minimum atomic E-state index is -4.32. The summed E-state index contributed by atoms with van der Waals surface area (Å²) in [5, 5.41) is 3.21. The first-order valence-electron chi connectivity index (χ1n) is 6.72. The molecule has 4 nitrogen and oxygen atoms in total. The molecule has 0 unspecified atom stereocenters. The SMILES string of the molecule is CCCc1nc(COCC(F)(F)F)nc2c1CCNC2. The summed E-state index contributed by atoms with van der Waals surface area (Å²) in [5.74, 6) is 0.333. The maximum Gasteiger partial charge on any atom is 0.411 e. The Hall–Kier alpha value is -1.21. The molecule has 0 aromatic carbocycles. The number of rotatable bonds is 5. The van der Waals surface area contributed by atoms with Crippen LogP contribution in [-0.4, -0.2) is 29.3 Å². The molecular weight excluding hydrogens is 271 g/mol. The Kier molecular flexibility index (Phi) is 4.93. The second-order valence-corrected chi connectivity index (χ2v) is 4.80. The van der Waals surface area contributed by atoms with Crippen LogP contribution in [0, 0.1) is 0 Å². The Bertz CT molecular complexity index is 463. The van der Waals surface area contributed by atoms with Crippen LogP contribution in [0.3, 0.4) is 0 Å². The lowest BCUT2D eigenvalue weighted by molar-refractivity contribution is -0.177. The van der Waals surface area contributed by atoms with E-state index in [9.17, 15) is 13.2 Å². The Balaban J connectivity index is 2.11. The van der Waals surface area contributed by atoms with Crippen LogP contribution in [0.1, 0.15) is 36.1 Å². The first-order chi connectivity index (χ1) is 9.49. The van der Waals surface area contributed by atoms with Crippen molar-refractivity contribution in [1.82, 2.24) is 15.3 Å². The summed E-state index contributed by atoms with van der Waals surface area (Å²) in [7, 11) is 0. The van der Waals surface area contributed by atoms with Crippen LogP contribution in [0.5, 0.6) is 0 Å². The Morgan fingerprint density at radius 1 is 1.30 bits per heavy atom. The maximum absolute atomic E-state index is 12.1. The number of hydrogen-bond acceptors (Lipinski definition) is 4. The molecule has 2 heterocycles. The van der Waals surface area contributed by atoms with Crippen molar-refractivity contribution < 1.29 is 17.9 Å². The number of hydrogen-bond donors (Lipinski definition) is 1. The minimum Gasteiger partial charge on any atom is -0.364 e. The number of aromatic nitrogens is 2. The number of ether oxygens (including phenoxy) is 1. The fourth-order valence-corrected chi connectivity index (χ4v) is 2.26. The van der Waals surface area contributed by atoms with Crippen LogP contribution < -0.4 is 5.32 Å². The third-order valence-electron chi connectivity index (χ3n) is 3.05. The highest BCUT2D eigenvalue weighted by Gasteiger charge is 2.27. The van der Waals surface area contributed by atoms with Crippen molar-refractivity contribution in [2.45, 2.75) is 45.5 Å². The molecular formula is C13H18F3N3O. The molecule has 0 aliphatic carbocycles. The van der Waals surface area contributed by atoms with Gasteiger partial charge in [-0.05, 0) is 24.9 Å². The average Bonchev–Trinajstić information content (AvgIpc) is 2.37. The van der Waals surface area contributed by atoms with E-state index in [-0.39, 0.29) is 6.61 Å². The van der Waals surface area contributed by atoms with Crippen molar-refractivity contribution in [2.24, 2.45) is 0 Å². The van der Waals surface area contributed by atoms with Crippen LogP contribution in [0.2, 0.25) is 0 Å². The monoisotopic (exact) mass is 289 g/mol. The standard InChI is InChI=1S/C13H18F3N3O/c1-2-3-10-9-4-5-17-6-11(9)19-12(18-10)7-20-8-13(14,15)16/h17H,2-8H2,1H3. The van der Waals surface area contributed by atoms with Crippen molar-refractivity contribution >= 4 is 0 Å². The molecule has 1 aromatic rings. The topological polar surface area (TPSA) is 47.0 Å². The van der Waals surface area contributed by atoms with Gasteiger partial charge in [-0.3, -0.25) is 0 Å². The van der Waals surface area contributed by atoms with Gasteiger partial charge in [0, 0.05) is 12.2 Å². The summed E-state index contributed by atoms with van der Waals surface area (Å²) in [6, 6.07) is 0. The normalized spacial score (nSPS) is 15.2. The minimum absolute atomic E-state index is 0.205. The van der Waals surface area contributed by atoms with Crippen LogP contribution >= 0.6 is 0 Å². The zero-order valence-corrected chi connectivity index (χ0v) is 11.4. The van der Waals surface area contributed by atoms with Crippen LogP contribution in [-0.2, 0) is 30.7 Å². The van der Waals surface area contributed by atoms with Crippen molar-refractivity contribution in [3.05, 3.63) is 22.8 Å². The van der Waals surface area contributed by atoms with Crippen LogP contribution in [0.25, 0.3) is 0 Å². The molecule has 2 rings (SSSR count). The van der Waals surface area contributed by atoms with E-state index >= 15 is 0 Å². The number of fused-ring (bicyclic) bond motifs is 1. The molecule has 0 bridgehead atoms. The van der Waals surface area contributed by atoms with E-state index in [4.69, 9.17) is 0 Å². The molecule has 1 aromatic heterocycles. The van der Waals surface area contributed by atoms with Gasteiger partial charge in [0.05, 0.1) is 5.69 Å². The van der Waals surface area contributed by atoms with Crippen molar-refractivity contribution in [3.8, 4) is 0 Å². The number of halogens is 3. The predicted octanol–water partition coefficient (Wildman–Crippen LogP) is 2.15. The molecule has 1 aliphatic heterocycles. The van der Waals surface area contributed by atoms with Crippen molar-refractivity contribution in [3.63, 3.8) is 0 Å². The third kappa shape index (κ3) is 4.14. The summed E-state index contributed by atoms with van der Waals surface area (Å²) in [4.78, 5) is 8.67. The molecule has 0 fully saturated rings. The summed E-state index contributed by atoms with van der Waals surface area (Å²) >= 11 is 0. The lowest BCUT2D eigenvalue weighted by Gasteiger charge is -2.20. The lowest BCUT2D eigenvalue weighted by Crippen LogP contribution is -2.27. The molecule has 0 amide bonds. The van der Waals surface area contributed by atoms with Gasteiger partial charge in [0.25, 0.3) is 0 Å². The van der Waals surface area contributed by atoms with E-state index in [0.29, 0.717) is 12.4 Å². The molecule has 7 heteroatoms. The molecule has 1 aliphatic rings. The van der Waals surface area contributed by atoms with Crippen molar-refractivity contribution in [1.29, 1.82) is 0 Å². The van der Waals surface area contributed by atoms with Gasteiger partial charge in [0.1, 0.15) is 13.2 Å². The highest BCUT2D eigenvalue weighted by Crippen LogP contribution is 2.19. The average molecular weight is 289 g/mol. The van der Waals surface area contributed by atoms with E-state index in [2.05, 4.69) is 26.9 Å². The first kappa shape index (κ1) is 15.2. The van der Waals surface area contributed by atoms with E-state index in [1.807, 2.05) is 0 Å². The summed E-state index contributed by atoms with van der Waals surface area (Å²) < 4.78 is 40.8. The molecule has 0 saturated heterocycles. The molecule has 112 valence electrons. The summed E-state index contributed by atoms with van der Waals surface area (Å²) in [6.07, 6.45) is -1.69. The first-order valence-corrected chi connectivity index (χ1v) is 6.72. The molecule has 20 heavy (non-hydrogen) atoms. The second kappa shape index (κ2) is 6.49. The zero-order chi connectivity index (χ0) is 14.6.